The minimum absolute atomic E-state index is 0.187. The monoisotopic (exact) mass is 327 g/mol. The topological polar surface area (TPSA) is 46.6 Å². The Bertz CT molecular complexity index is 736. The Morgan fingerprint density at radius 1 is 1.26 bits per heavy atom. The molecule has 0 aliphatic carbocycles. The number of carbonyl (C=O) groups is 2. The van der Waals surface area contributed by atoms with E-state index in [1.165, 1.54) is 17.4 Å². The van der Waals surface area contributed by atoms with Gasteiger partial charge in [-0.05, 0) is 42.5 Å². The fraction of sp³-hybridized carbons (Fsp3) is 0.222. The predicted molar refractivity (Wildman–Crippen MR) is 91.4 cm³/mol. The van der Waals surface area contributed by atoms with E-state index < -0.39 is 12.1 Å². The van der Waals surface area contributed by atoms with E-state index in [4.69, 9.17) is 4.74 Å². The summed E-state index contributed by atoms with van der Waals surface area (Å²) < 4.78 is 5.23. The van der Waals surface area contributed by atoms with Crippen molar-refractivity contribution in [3.63, 3.8) is 0 Å². The molecule has 0 unspecified atom stereocenters. The second-order valence-electron chi connectivity index (χ2n) is 5.30. The molecule has 0 bridgehead atoms. The highest BCUT2D eigenvalue weighted by atomic mass is 32.1. The lowest BCUT2D eigenvalue weighted by Crippen LogP contribution is -2.38. The normalized spacial score (nSPS) is 14.7. The summed E-state index contributed by atoms with van der Waals surface area (Å²) in [6, 6.07) is 11.6. The Hall–Kier alpha value is -2.40. The van der Waals surface area contributed by atoms with Crippen molar-refractivity contribution >= 4 is 35.0 Å². The first-order valence-corrected chi connectivity index (χ1v) is 8.34. The van der Waals surface area contributed by atoms with Crippen LogP contribution in [0.4, 0.5) is 5.69 Å². The van der Waals surface area contributed by atoms with Crippen molar-refractivity contribution in [3.05, 3.63) is 58.3 Å². The van der Waals surface area contributed by atoms with Crippen molar-refractivity contribution in [2.24, 2.45) is 0 Å². The number of hydrogen-bond acceptors (Lipinski definition) is 4. The third-order valence-electron chi connectivity index (χ3n) is 3.72. The minimum atomic E-state index is -0.804. The first-order chi connectivity index (χ1) is 11.1. The molecule has 2 aromatic rings. The highest BCUT2D eigenvalue weighted by molar-refractivity contribution is 7.10. The number of amides is 1. The van der Waals surface area contributed by atoms with Gasteiger partial charge in [0.2, 0.25) is 0 Å². The number of ether oxygens (including phenoxy) is 1. The van der Waals surface area contributed by atoms with Crippen LogP contribution in [0, 0.1) is 0 Å². The number of fused-ring (bicyclic) bond motifs is 1. The van der Waals surface area contributed by atoms with Crippen molar-refractivity contribution < 1.29 is 14.3 Å². The summed E-state index contributed by atoms with van der Waals surface area (Å²) in [5.41, 5.74) is 2.06. The van der Waals surface area contributed by atoms with Crippen LogP contribution in [-0.2, 0) is 20.7 Å². The van der Waals surface area contributed by atoms with Gasteiger partial charge < -0.3 is 9.64 Å². The molecule has 1 amide bonds. The Balaban J connectivity index is 1.61. The van der Waals surface area contributed by atoms with E-state index >= 15 is 0 Å². The number of nitrogens with zero attached hydrogens (tertiary/aromatic N) is 1. The van der Waals surface area contributed by atoms with Gasteiger partial charge in [-0.25, -0.2) is 4.79 Å². The van der Waals surface area contributed by atoms with Gasteiger partial charge in [-0.15, -0.1) is 11.3 Å². The molecule has 1 atom stereocenters. The zero-order valence-corrected chi connectivity index (χ0v) is 13.6. The molecule has 0 radical (unpaired) electrons. The van der Waals surface area contributed by atoms with Gasteiger partial charge in [-0.2, -0.15) is 0 Å². The summed E-state index contributed by atoms with van der Waals surface area (Å²) in [6.07, 6.45) is 3.07. The zero-order valence-electron chi connectivity index (χ0n) is 12.8. The van der Waals surface area contributed by atoms with Crippen LogP contribution in [0.2, 0.25) is 0 Å². The number of hydrogen-bond donors (Lipinski definition) is 0. The van der Waals surface area contributed by atoms with Crippen LogP contribution in [0.3, 0.4) is 0 Å². The number of para-hydroxylation sites is 1. The van der Waals surface area contributed by atoms with Gasteiger partial charge in [-0.3, -0.25) is 4.79 Å². The first-order valence-electron chi connectivity index (χ1n) is 7.46. The number of esters is 1. The molecule has 0 saturated carbocycles. The van der Waals surface area contributed by atoms with Crippen LogP contribution in [0.1, 0.15) is 17.4 Å². The lowest BCUT2D eigenvalue weighted by Gasteiger charge is -2.21. The zero-order chi connectivity index (χ0) is 16.2. The van der Waals surface area contributed by atoms with E-state index in [-0.39, 0.29) is 5.91 Å². The fourth-order valence-corrected chi connectivity index (χ4v) is 3.20. The van der Waals surface area contributed by atoms with E-state index in [0.717, 1.165) is 22.5 Å². The SMILES string of the molecule is C[C@@H](OC(=O)/C=C/c1cccs1)C(=O)N1CCc2ccccc21. The van der Waals surface area contributed by atoms with Crippen molar-refractivity contribution in [2.75, 3.05) is 11.4 Å². The molecule has 0 saturated heterocycles. The molecule has 1 aliphatic heterocycles. The average Bonchev–Trinajstić information content (AvgIpc) is 3.21. The van der Waals surface area contributed by atoms with Crippen LogP contribution >= 0.6 is 11.3 Å². The summed E-state index contributed by atoms with van der Waals surface area (Å²) in [4.78, 5) is 27.0. The van der Waals surface area contributed by atoms with Gasteiger partial charge in [0, 0.05) is 23.2 Å². The molecular weight excluding hydrogens is 310 g/mol. The van der Waals surface area contributed by atoms with Gasteiger partial charge in [0.05, 0.1) is 0 Å². The third-order valence-corrected chi connectivity index (χ3v) is 4.56. The summed E-state index contributed by atoms with van der Waals surface area (Å²) in [6.45, 7) is 2.24. The molecule has 23 heavy (non-hydrogen) atoms. The van der Waals surface area contributed by atoms with E-state index in [2.05, 4.69) is 0 Å². The Morgan fingerprint density at radius 2 is 2.09 bits per heavy atom. The van der Waals surface area contributed by atoms with E-state index in [1.807, 2.05) is 41.8 Å². The smallest absolute Gasteiger partial charge is 0.331 e. The molecule has 2 heterocycles. The molecular formula is C18H17NO3S. The standard InChI is InChI=1S/C18H17NO3S/c1-13(22-17(20)9-8-15-6-4-12-23-15)18(21)19-11-10-14-5-2-3-7-16(14)19/h2-9,12-13H,10-11H2,1H3/b9-8+/t13-/m1/s1. The van der Waals surface area contributed by atoms with E-state index in [1.54, 1.807) is 17.9 Å². The molecule has 4 nitrogen and oxygen atoms in total. The van der Waals surface area contributed by atoms with E-state index in [0.29, 0.717) is 6.54 Å². The average molecular weight is 327 g/mol. The lowest BCUT2D eigenvalue weighted by atomic mass is 10.2. The minimum Gasteiger partial charge on any atom is -0.449 e. The second kappa shape index (κ2) is 6.79. The number of rotatable bonds is 4. The maximum atomic E-state index is 12.5. The molecule has 1 aliphatic rings. The summed E-state index contributed by atoms with van der Waals surface area (Å²) in [5, 5.41) is 1.93. The molecule has 0 fully saturated rings. The Morgan fingerprint density at radius 3 is 2.87 bits per heavy atom. The highest BCUT2D eigenvalue weighted by Crippen LogP contribution is 2.28. The van der Waals surface area contributed by atoms with Crippen LogP contribution in [0.25, 0.3) is 6.08 Å². The van der Waals surface area contributed by atoms with Crippen molar-refractivity contribution in [1.29, 1.82) is 0 Å². The lowest BCUT2D eigenvalue weighted by molar-refractivity contribution is -0.149. The number of benzene rings is 1. The predicted octanol–water partition coefficient (Wildman–Crippen LogP) is 3.28. The number of anilines is 1. The van der Waals surface area contributed by atoms with Crippen LogP contribution in [0.5, 0.6) is 0 Å². The van der Waals surface area contributed by atoms with Crippen molar-refractivity contribution in [3.8, 4) is 0 Å². The van der Waals surface area contributed by atoms with Crippen LogP contribution in [0.15, 0.2) is 47.9 Å². The van der Waals surface area contributed by atoms with Crippen LogP contribution < -0.4 is 4.90 Å². The largest absolute Gasteiger partial charge is 0.449 e. The Labute approximate surface area is 139 Å². The van der Waals surface area contributed by atoms with Gasteiger partial charge in [0.1, 0.15) is 0 Å². The third kappa shape index (κ3) is 3.51. The first kappa shape index (κ1) is 15.5. The van der Waals surface area contributed by atoms with Crippen molar-refractivity contribution in [2.45, 2.75) is 19.4 Å². The maximum Gasteiger partial charge on any atom is 0.331 e. The van der Waals surface area contributed by atoms with Crippen LogP contribution in [-0.4, -0.2) is 24.5 Å². The molecule has 5 heteroatoms. The molecule has 3 rings (SSSR count). The number of carbonyl (C=O) groups excluding carboxylic acids is 2. The summed E-state index contributed by atoms with van der Waals surface area (Å²) >= 11 is 1.53. The quantitative estimate of drug-likeness (QED) is 0.639. The van der Waals surface area contributed by atoms with Gasteiger partial charge >= 0.3 is 5.97 Å². The van der Waals surface area contributed by atoms with Gasteiger partial charge in [0.15, 0.2) is 6.10 Å². The molecule has 0 N–H and O–H groups in total. The molecule has 118 valence electrons. The van der Waals surface area contributed by atoms with Gasteiger partial charge in [-0.1, -0.05) is 24.3 Å². The summed E-state index contributed by atoms with van der Waals surface area (Å²) in [5.74, 6) is -0.695. The fourth-order valence-electron chi connectivity index (χ4n) is 2.59. The molecule has 0 spiro atoms. The maximum absolute atomic E-state index is 12.5. The second-order valence-corrected chi connectivity index (χ2v) is 6.28. The van der Waals surface area contributed by atoms with E-state index in [9.17, 15) is 9.59 Å². The van der Waals surface area contributed by atoms with Crippen molar-refractivity contribution in [1.82, 2.24) is 0 Å². The summed E-state index contributed by atoms with van der Waals surface area (Å²) in [7, 11) is 0. The number of thiophene rings is 1. The van der Waals surface area contributed by atoms with Gasteiger partial charge in [0.25, 0.3) is 5.91 Å². The highest BCUT2D eigenvalue weighted by Gasteiger charge is 2.29. The molecule has 1 aromatic carbocycles. The molecule has 1 aromatic heterocycles. The Kier molecular flexibility index (Phi) is 4.57.